The maximum absolute atomic E-state index is 12.3. The molecule has 3 rings (SSSR count). The Morgan fingerprint density at radius 2 is 1.70 bits per heavy atom. The van der Waals surface area contributed by atoms with Crippen LogP contribution in [-0.2, 0) is 11.2 Å². The van der Waals surface area contributed by atoms with Crippen LogP contribution in [0.25, 0.3) is 11.1 Å². The van der Waals surface area contributed by atoms with Crippen molar-refractivity contribution in [1.29, 1.82) is 0 Å². The Labute approximate surface area is 179 Å². The molecule has 0 saturated carbocycles. The summed E-state index contributed by atoms with van der Waals surface area (Å²) in [5.74, 6) is 0.0697. The number of carbonyl (C=O) groups excluding carboxylic acids is 2. The summed E-state index contributed by atoms with van der Waals surface area (Å²) in [6.45, 7) is 5.46. The van der Waals surface area contributed by atoms with Gasteiger partial charge in [-0.3, -0.25) is 9.59 Å². The molecule has 2 N–H and O–H groups in total. The molecule has 2 aromatic rings. The smallest absolute Gasteiger partial charge is 0.251 e. The van der Waals surface area contributed by atoms with Gasteiger partial charge in [0.2, 0.25) is 5.91 Å². The fourth-order valence-electron chi connectivity index (χ4n) is 4.13. The molecule has 0 radical (unpaired) electrons. The van der Waals surface area contributed by atoms with Crippen LogP contribution in [0.2, 0.25) is 0 Å². The molecular weight excluding hydrogens is 374 g/mol. The predicted octanol–water partition coefficient (Wildman–Crippen LogP) is 4.16. The number of nitrogens with one attached hydrogen (secondary N) is 2. The van der Waals surface area contributed by atoms with Crippen molar-refractivity contribution in [2.75, 3.05) is 25.0 Å². The molecule has 160 valence electrons. The second-order valence-electron chi connectivity index (χ2n) is 8.12. The summed E-state index contributed by atoms with van der Waals surface area (Å²) in [4.78, 5) is 26.3. The van der Waals surface area contributed by atoms with Crippen LogP contribution in [0.3, 0.4) is 0 Å². The first kappa shape index (κ1) is 22.0. The maximum Gasteiger partial charge on any atom is 0.251 e. The van der Waals surface area contributed by atoms with Crippen LogP contribution < -0.4 is 15.5 Å². The van der Waals surface area contributed by atoms with Gasteiger partial charge in [0, 0.05) is 30.8 Å². The van der Waals surface area contributed by atoms with Gasteiger partial charge in [-0.2, -0.15) is 0 Å². The molecule has 1 aliphatic rings. The van der Waals surface area contributed by atoms with Crippen LogP contribution in [0.15, 0.2) is 42.5 Å². The Hall–Kier alpha value is -2.66. The van der Waals surface area contributed by atoms with Gasteiger partial charge in [0.05, 0.1) is 0 Å². The van der Waals surface area contributed by atoms with E-state index in [9.17, 15) is 9.59 Å². The lowest BCUT2D eigenvalue weighted by Gasteiger charge is -2.34. The van der Waals surface area contributed by atoms with Crippen LogP contribution in [0.4, 0.5) is 5.69 Å². The van der Waals surface area contributed by atoms with Crippen LogP contribution >= 0.6 is 0 Å². The second-order valence-corrected chi connectivity index (χ2v) is 8.12. The van der Waals surface area contributed by atoms with Crippen molar-refractivity contribution in [3.8, 4) is 11.1 Å². The highest BCUT2D eigenvalue weighted by molar-refractivity contribution is 5.95. The number of amides is 2. The van der Waals surface area contributed by atoms with Crippen molar-refractivity contribution in [3.05, 3.63) is 53.6 Å². The molecule has 1 atom stereocenters. The molecular formula is C25H33N3O2. The fraction of sp³-hybridized carbons (Fsp3) is 0.440. The molecule has 0 fully saturated rings. The molecule has 2 aromatic carbocycles. The summed E-state index contributed by atoms with van der Waals surface area (Å²) in [7, 11) is 1.96. The summed E-state index contributed by atoms with van der Waals surface area (Å²) >= 11 is 0. The van der Waals surface area contributed by atoms with Gasteiger partial charge in [-0.25, -0.2) is 0 Å². The van der Waals surface area contributed by atoms with Gasteiger partial charge >= 0.3 is 0 Å². The first-order chi connectivity index (χ1) is 14.5. The van der Waals surface area contributed by atoms with Gasteiger partial charge in [0.15, 0.2) is 0 Å². The standard InChI is InChI=1S/C25H33N3O2/c1-18-7-8-23-17-22(13-14-24(23)28(18)19(2)29)20-9-11-21(12-10-20)25(30)27-16-6-4-5-15-26-3/h9-14,17-18,26H,4-8,15-16H2,1-3H3,(H,27,30)/t18-/m0/s1. The van der Waals surface area contributed by atoms with E-state index in [-0.39, 0.29) is 17.9 Å². The van der Waals surface area contributed by atoms with Crippen LogP contribution in [0, 0.1) is 0 Å². The Morgan fingerprint density at radius 3 is 2.40 bits per heavy atom. The molecule has 1 heterocycles. The average Bonchev–Trinajstić information content (AvgIpc) is 2.75. The lowest BCUT2D eigenvalue weighted by molar-refractivity contribution is -0.117. The lowest BCUT2D eigenvalue weighted by atomic mass is 9.93. The Kier molecular flexibility index (Phi) is 7.63. The molecule has 5 heteroatoms. The highest BCUT2D eigenvalue weighted by Gasteiger charge is 2.26. The minimum absolute atomic E-state index is 0.0216. The normalized spacial score (nSPS) is 15.6. The zero-order valence-corrected chi connectivity index (χ0v) is 18.3. The predicted molar refractivity (Wildman–Crippen MR) is 123 cm³/mol. The summed E-state index contributed by atoms with van der Waals surface area (Å²) in [6.07, 6.45) is 5.19. The summed E-state index contributed by atoms with van der Waals surface area (Å²) in [6, 6.07) is 14.3. The number of hydrogen-bond acceptors (Lipinski definition) is 3. The van der Waals surface area contributed by atoms with E-state index in [1.54, 1.807) is 6.92 Å². The molecule has 0 spiro atoms. The third-order valence-corrected chi connectivity index (χ3v) is 5.82. The number of rotatable bonds is 8. The van der Waals surface area contributed by atoms with Crippen LogP contribution in [0.5, 0.6) is 0 Å². The quantitative estimate of drug-likeness (QED) is 0.646. The summed E-state index contributed by atoms with van der Waals surface area (Å²) in [5, 5.41) is 6.13. The lowest BCUT2D eigenvalue weighted by Crippen LogP contribution is -2.40. The van der Waals surface area contributed by atoms with Gasteiger partial charge in [0.25, 0.3) is 5.91 Å². The van der Waals surface area contributed by atoms with Crippen LogP contribution in [-0.4, -0.2) is 38.0 Å². The van der Waals surface area contributed by atoms with Gasteiger partial charge in [-0.1, -0.05) is 24.6 Å². The van der Waals surface area contributed by atoms with E-state index >= 15 is 0 Å². The van der Waals surface area contributed by atoms with Crippen molar-refractivity contribution >= 4 is 17.5 Å². The van der Waals surface area contributed by atoms with Crippen molar-refractivity contribution < 1.29 is 9.59 Å². The van der Waals surface area contributed by atoms with Crippen molar-refractivity contribution in [2.24, 2.45) is 0 Å². The Morgan fingerprint density at radius 1 is 1.00 bits per heavy atom. The SMILES string of the molecule is CNCCCCCNC(=O)c1ccc(-c2ccc3c(c2)CC[C@H](C)N3C(C)=O)cc1. The minimum Gasteiger partial charge on any atom is -0.352 e. The zero-order valence-electron chi connectivity index (χ0n) is 18.3. The van der Waals surface area contributed by atoms with Crippen LogP contribution in [0.1, 0.15) is 55.5 Å². The zero-order chi connectivity index (χ0) is 21.5. The Bertz CT molecular complexity index is 876. The number of hydrogen-bond donors (Lipinski definition) is 2. The van der Waals surface area contributed by atoms with E-state index in [4.69, 9.17) is 0 Å². The number of unbranched alkanes of at least 4 members (excludes halogenated alkanes) is 2. The number of benzene rings is 2. The molecule has 0 unspecified atom stereocenters. The third kappa shape index (κ3) is 5.28. The van der Waals surface area contributed by atoms with Crippen molar-refractivity contribution in [3.63, 3.8) is 0 Å². The van der Waals surface area contributed by atoms with E-state index in [2.05, 4.69) is 35.8 Å². The fourth-order valence-corrected chi connectivity index (χ4v) is 4.13. The van der Waals surface area contributed by atoms with Crippen molar-refractivity contribution in [2.45, 2.75) is 52.0 Å². The van der Waals surface area contributed by atoms with E-state index in [0.717, 1.165) is 55.5 Å². The first-order valence-electron chi connectivity index (χ1n) is 11.0. The summed E-state index contributed by atoms with van der Waals surface area (Å²) < 4.78 is 0. The molecule has 5 nitrogen and oxygen atoms in total. The number of anilines is 1. The van der Waals surface area contributed by atoms with E-state index < -0.39 is 0 Å². The van der Waals surface area contributed by atoms with Gasteiger partial charge in [-0.15, -0.1) is 0 Å². The third-order valence-electron chi connectivity index (χ3n) is 5.82. The monoisotopic (exact) mass is 407 g/mol. The number of carbonyl (C=O) groups is 2. The van der Waals surface area contributed by atoms with Gasteiger partial charge in [0.1, 0.15) is 0 Å². The minimum atomic E-state index is -0.0216. The number of fused-ring (bicyclic) bond motifs is 1. The topological polar surface area (TPSA) is 61.4 Å². The molecule has 0 aromatic heterocycles. The van der Waals surface area contributed by atoms with Gasteiger partial charge < -0.3 is 15.5 Å². The van der Waals surface area contributed by atoms with E-state index in [1.807, 2.05) is 36.2 Å². The summed E-state index contributed by atoms with van der Waals surface area (Å²) in [5.41, 5.74) is 5.11. The van der Waals surface area contributed by atoms with Crippen molar-refractivity contribution in [1.82, 2.24) is 10.6 Å². The molecule has 30 heavy (non-hydrogen) atoms. The van der Waals surface area contributed by atoms with E-state index in [0.29, 0.717) is 12.1 Å². The highest BCUT2D eigenvalue weighted by atomic mass is 16.2. The second kappa shape index (κ2) is 10.4. The average molecular weight is 408 g/mol. The largest absolute Gasteiger partial charge is 0.352 e. The first-order valence-corrected chi connectivity index (χ1v) is 11.0. The maximum atomic E-state index is 12.3. The highest BCUT2D eigenvalue weighted by Crippen LogP contribution is 2.34. The number of aryl methyl sites for hydroxylation is 1. The van der Waals surface area contributed by atoms with Gasteiger partial charge in [-0.05, 0) is 87.2 Å². The molecule has 1 aliphatic heterocycles. The van der Waals surface area contributed by atoms with E-state index in [1.165, 1.54) is 5.56 Å². The number of nitrogens with zero attached hydrogens (tertiary/aromatic N) is 1. The molecule has 0 bridgehead atoms. The molecule has 0 saturated heterocycles. The molecule has 2 amide bonds. The molecule has 0 aliphatic carbocycles. The Balaban J connectivity index is 1.64.